The van der Waals surface area contributed by atoms with Crippen LogP contribution in [0.15, 0.2) is 54.6 Å². The van der Waals surface area contributed by atoms with Gasteiger partial charge in [-0.05, 0) is 48.1 Å². The van der Waals surface area contributed by atoms with Crippen molar-refractivity contribution in [1.29, 1.82) is 5.26 Å². The lowest BCUT2D eigenvalue weighted by Gasteiger charge is -2.33. The van der Waals surface area contributed by atoms with E-state index in [1.165, 1.54) is 5.57 Å². The Hall–Kier alpha value is -2.77. The number of hydrogen-bond donors (Lipinski definition) is 0. The summed E-state index contributed by atoms with van der Waals surface area (Å²) in [5.41, 5.74) is 3.64. The summed E-state index contributed by atoms with van der Waals surface area (Å²) in [6.45, 7) is 0.287. The molecule has 4 nitrogen and oxygen atoms in total. The van der Waals surface area contributed by atoms with Gasteiger partial charge in [-0.15, -0.1) is 0 Å². The molecule has 0 aliphatic carbocycles. The maximum Gasteiger partial charge on any atom is 0.410 e. The minimum absolute atomic E-state index is 0.0447. The molecule has 1 fully saturated rings. The van der Waals surface area contributed by atoms with Gasteiger partial charge in [0.25, 0.3) is 0 Å². The molecule has 0 saturated carbocycles. The van der Waals surface area contributed by atoms with E-state index >= 15 is 0 Å². The maximum absolute atomic E-state index is 12.6. The first-order chi connectivity index (χ1) is 13.2. The fourth-order valence-corrected chi connectivity index (χ4v) is 4.09. The molecule has 1 amide bonds. The number of carbonyl (C=O) groups excluding carboxylic acids is 1. The number of amides is 1. The van der Waals surface area contributed by atoms with E-state index in [1.807, 2.05) is 47.4 Å². The average molecular weight is 379 g/mol. The van der Waals surface area contributed by atoms with Crippen molar-refractivity contribution < 1.29 is 9.53 Å². The zero-order chi connectivity index (χ0) is 18.8. The molecule has 2 unspecified atom stereocenters. The number of carbonyl (C=O) groups is 1. The van der Waals surface area contributed by atoms with E-state index < -0.39 is 0 Å². The van der Waals surface area contributed by atoms with Crippen molar-refractivity contribution in [2.24, 2.45) is 0 Å². The van der Waals surface area contributed by atoms with E-state index in [1.54, 1.807) is 6.07 Å². The molecule has 2 atom stereocenters. The van der Waals surface area contributed by atoms with Gasteiger partial charge in [0.1, 0.15) is 12.7 Å². The molecule has 2 aliphatic rings. The first-order valence-corrected chi connectivity index (χ1v) is 9.43. The van der Waals surface area contributed by atoms with Crippen LogP contribution in [0.2, 0.25) is 5.02 Å². The van der Waals surface area contributed by atoms with Gasteiger partial charge >= 0.3 is 6.09 Å². The number of ether oxygens (including phenoxy) is 1. The highest BCUT2D eigenvalue weighted by atomic mass is 35.5. The molecule has 0 N–H and O–H groups in total. The Morgan fingerprint density at radius 2 is 2.04 bits per heavy atom. The van der Waals surface area contributed by atoms with Gasteiger partial charge in [0.15, 0.2) is 0 Å². The van der Waals surface area contributed by atoms with Crippen LogP contribution in [0.3, 0.4) is 0 Å². The van der Waals surface area contributed by atoms with Crippen LogP contribution >= 0.6 is 11.6 Å². The average Bonchev–Trinajstić information content (AvgIpc) is 2.97. The van der Waals surface area contributed by atoms with Gasteiger partial charge in [0, 0.05) is 6.04 Å². The van der Waals surface area contributed by atoms with Gasteiger partial charge in [0.2, 0.25) is 0 Å². The zero-order valence-corrected chi connectivity index (χ0v) is 15.5. The third kappa shape index (κ3) is 3.56. The van der Waals surface area contributed by atoms with Gasteiger partial charge < -0.3 is 4.74 Å². The molecular weight excluding hydrogens is 360 g/mol. The number of halogens is 1. The monoisotopic (exact) mass is 378 g/mol. The lowest BCUT2D eigenvalue weighted by Crippen LogP contribution is -2.43. The maximum atomic E-state index is 12.6. The van der Waals surface area contributed by atoms with E-state index in [-0.39, 0.29) is 24.8 Å². The highest BCUT2D eigenvalue weighted by molar-refractivity contribution is 6.31. The molecule has 27 heavy (non-hydrogen) atoms. The molecule has 2 aromatic rings. The largest absolute Gasteiger partial charge is 0.445 e. The normalized spacial score (nSPS) is 20.7. The van der Waals surface area contributed by atoms with Gasteiger partial charge in [0.05, 0.1) is 16.6 Å². The first-order valence-electron chi connectivity index (χ1n) is 9.05. The highest BCUT2D eigenvalue weighted by Gasteiger charge is 2.40. The smallest absolute Gasteiger partial charge is 0.410 e. The van der Waals surface area contributed by atoms with E-state index in [9.17, 15) is 10.1 Å². The summed E-state index contributed by atoms with van der Waals surface area (Å²) in [7, 11) is 0. The van der Waals surface area contributed by atoms with Crippen molar-refractivity contribution >= 4 is 23.3 Å². The molecule has 136 valence electrons. The SMILES string of the molecule is N#Cc1cc(C2=CC3CCC(C2)N3C(=O)OCc2ccccc2)ccc1Cl. The van der Waals surface area contributed by atoms with Crippen molar-refractivity contribution in [2.75, 3.05) is 0 Å². The van der Waals surface area contributed by atoms with Crippen LogP contribution in [-0.2, 0) is 11.3 Å². The summed E-state index contributed by atoms with van der Waals surface area (Å²) >= 11 is 6.04. The lowest BCUT2D eigenvalue weighted by atomic mass is 9.94. The predicted molar refractivity (Wildman–Crippen MR) is 104 cm³/mol. The van der Waals surface area contributed by atoms with Crippen molar-refractivity contribution in [3.05, 3.63) is 76.3 Å². The van der Waals surface area contributed by atoms with E-state index in [0.29, 0.717) is 10.6 Å². The Balaban J connectivity index is 1.49. The molecule has 5 heteroatoms. The van der Waals surface area contributed by atoms with Crippen molar-refractivity contribution in [1.82, 2.24) is 4.90 Å². The fraction of sp³-hybridized carbons (Fsp3) is 0.273. The second kappa shape index (κ2) is 7.46. The second-order valence-corrected chi connectivity index (χ2v) is 7.36. The molecular formula is C22H19ClN2O2. The van der Waals surface area contributed by atoms with E-state index in [0.717, 1.165) is 30.4 Å². The zero-order valence-electron chi connectivity index (χ0n) is 14.8. The van der Waals surface area contributed by atoms with Gasteiger partial charge in [-0.3, -0.25) is 4.90 Å². The Morgan fingerprint density at radius 1 is 1.22 bits per heavy atom. The van der Waals surface area contributed by atoms with Crippen LogP contribution in [0.5, 0.6) is 0 Å². The Bertz CT molecular complexity index is 933. The minimum Gasteiger partial charge on any atom is -0.445 e. The van der Waals surface area contributed by atoms with Crippen molar-refractivity contribution in [3.63, 3.8) is 0 Å². The number of hydrogen-bond acceptors (Lipinski definition) is 3. The van der Waals surface area contributed by atoms with Gasteiger partial charge in [-0.1, -0.05) is 54.1 Å². The molecule has 2 aliphatic heterocycles. The van der Waals surface area contributed by atoms with Crippen LogP contribution in [0.1, 0.15) is 36.0 Å². The number of benzene rings is 2. The second-order valence-electron chi connectivity index (χ2n) is 6.95. The Kier molecular flexibility index (Phi) is 4.87. The summed E-state index contributed by atoms with van der Waals surface area (Å²) in [6.07, 6.45) is 4.55. The number of rotatable bonds is 3. The molecule has 2 bridgehead atoms. The third-order valence-electron chi connectivity index (χ3n) is 5.27. The molecule has 0 spiro atoms. The molecule has 0 aromatic heterocycles. The van der Waals surface area contributed by atoms with Crippen molar-refractivity contribution in [3.8, 4) is 6.07 Å². The first kappa shape index (κ1) is 17.6. The minimum atomic E-state index is -0.254. The quantitative estimate of drug-likeness (QED) is 0.740. The molecule has 0 radical (unpaired) electrons. The van der Waals surface area contributed by atoms with Crippen LogP contribution in [0.25, 0.3) is 5.57 Å². The molecule has 1 saturated heterocycles. The van der Waals surface area contributed by atoms with Crippen LogP contribution in [-0.4, -0.2) is 23.1 Å². The molecule has 2 aromatic carbocycles. The fourth-order valence-electron chi connectivity index (χ4n) is 3.93. The van der Waals surface area contributed by atoms with Gasteiger partial charge in [-0.2, -0.15) is 5.26 Å². The van der Waals surface area contributed by atoms with Crippen molar-refractivity contribution in [2.45, 2.75) is 38.0 Å². The molecule has 2 heterocycles. The Labute approximate surface area is 163 Å². The van der Waals surface area contributed by atoms with Crippen LogP contribution < -0.4 is 0 Å². The van der Waals surface area contributed by atoms with E-state index in [2.05, 4.69) is 12.1 Å². The highest BCUT2D eigenvalue weighted by Crippen LogP contribution is 2.39. The number of nitrogens with zero attached hydrogens (tertiary/aromatic N) is 2. The van der Waals surface area contributed by atoms with Crippen LogP contribution in [0, 0.1) is 11.3 Å². The number of nitriles is 1. The summed E-state index contributed by atoms with van der Waals surface area (Å²) in [5.74, 6) is 0. The van der Waals surface area contributed by atoms with E-state index in [4.69, 9.17) is 16.3 Å². The van der Waals surface area contributed by atoms with Crippen LogP contribution in [0.4, 0.5) is 4.79 Å². The summed E-state index contributed by atoms with van der Waals surface area (Å²) in [5, 5.41) is 9.67. The lowest BCUT2D eigenvalue weighted by molar-refractivity contribution is 0.0832. The standard InChI is InChI=1S/C22H19ClN2O2/c23-21-9-6-16(10-18(21)13-24)17-11-19-7-8-20(12-17)25(19)22(26)27-14-15-4-2-1-3-5-15/h1-6,9-11,19-20H,7-8,12,14H2. The molecule has 4 rings (SSSR count). The summed E-state index contributed by atoms with van der Waals surface area (Å²) in [4.78, 5) is 14.5. The Morgan fingerprint density at radius 3 is 2.78 bits per heavy atom. The predicted octanol–water partition coefficient (Wildman–Crippen LogP) is 5.17. The topological polar surface area (TPSA) is 53.3 Å². The summed E-state index contributed by atoms with van der Waals surface area (Å²) < 4.78 is 5.54. The van der Waals surface area contributed by atoms with Gasteiger partial charge in [-0.25, -0.2) is 4.79 Å². The third-order valence-corrected chi connectivity index (χ3v) is 5.60. The number of fused-ring (bicyclic) bond motifs is 2. The summed E-state index contributed by atoms with van der Waals surface area (Å²) in [6, 6.07) is 17.6.